The molecule has 1 aromatic rings. The lowest BCUT2D eigenvalue weighted by atomic mass is 10.0. The smallest absolute Gasteiger partial charge is 0.170 e. The van der Waals surface area contributed by atoms with Crippen molar-refractivity contribution in [3.63, 3.8) is 0 Å². The number of Topliss-reactive ketones (excluding diaryl/α,β-unsaturated/α-hetero) is 1. The van der Waals surface area contributed by atoms with Crippen molar-refractivity contribution in [2.24, 2.45) is 0 Å². The summed E-state index contributed by atoms with van der Waals surface area (Å²) in [7, 11) is 1.55. The lowest BCUT2D eigenvalue weighted by molar-refractivity contribution is 0.0990. The first kappa shape index (κ1) is 12.0. The molecule has 0 bridgehead atoms. The van der Waals surface area contributed by atoms with E-state index in [1.54, 1.807) is 19.2 Å². The van der Waals surface area contributed by atoms with Gasteiger partial charge in [0, 0.05) is 10.9 Å². The molecule has 1 aromatic carbocycles. The third-order valence-electron chi connectivity index (χ3n) is 1.93. The van der Waals surface area contributed by atoms with Gasteiger partial charge in [0.25, 0.3) is 0 Å². The summed E-state index contributed by atoms with van der Waals surface area (Å²) in [4.78, 5) is 11.8. The van der Waals surface area contributed by atoms with E-state index in [2.05, 4.69) is 22.5 Å². The molecule has 0 aliphatic rings. The van der Waals surface area contributed by atoms with Crippen molar-refractivity contribution in [2.45, 2.75) is 13.3 Å². The molecule has 0 atom stereocenters. The molecule has 0 fully saturated rings. The topological polar surface area (TPSA) is 26.3 Å². The van der Waals surface area contributed by atoms with Gasteiger partial charge in [-0.2, -0.15) is 0 Å². The van der Waals surface area contributed by atoms with Crippen LogP contribution in [0.2, 0.25) is 0 Å². The van der Waals surface area contributed by atoms with Crippen LogP contribution >= 0.6 is 15.9 Å². The number of methoxy groups -OCH3 is 1. The average Bonchev–Trinajstić information content (AvgIpc) is 2.16. The molecule has 2 nitrogen and oxygen atoms in total. The van der Waals surface area contributed by atoms with Crippen molar-refractivity contribution < 1.29 is 9.53 Å². The molecule has 0 aliphatic carbocycles. The summed E-state index contributed by atoms with van der Waals surface area (Å²) in [5.74, 6) is 0.627. The Morgan fingerprint density at radius 1 is 1.53 bits per heavy atom. The maximum Gasteiger partial charge on any atom is 0.170 e. The Morgan fingerprint density at radius 2 is 2.20 bits per heavy atom. The van der Waals surface area contributed by atoms with Crippen LogP contribution in [0.5, 0.6) is 5.75 Å². The number of carbonyl (C=O) groups is 1. The molecule has 0 spiro atoms. The van der Waals surface area contributed by atoms with E-state index in [-0.39, 0.29) is 5.78 Å². The van der Waals surface area contributed by atoms with Gasteiger partial charge in [-0.25, -0.2) is 0 Å². The van der Waals surface area contributed by atoms with Gasteiger partial charge in [-0.15, -0.1) is 0 Å². The number of ether oxygens (including phenoxy) is 1. The molecule has 0 heterocycles. The number of halogens is 1. The van der Waals surface area contributed by atoms with Gasteiger partial charge in [0.15, 0.2) is 5.78 Å². The molecule has 80 valence electrons. The van der Waals surface area contributed by atoms with E-state index in [0.29, 0.717) is 17.7 Å². The molecule has 0 aliphatic heterocycles. The van der Waals surface area contributed by atoms with Crippen molar-refractivity contribution in [2.75, 3.05) is 7.11 Å². The third-order valence-corrected chi connectivity index (χ3v) is 2.42. The molecule has 0 saturated carbocycles. The van der Waals surface area contributed by atoms with E-state index in [9.17, 15) is 4.79 Å². The van der Waals surface area contributed by atoms with Gasteiger partial charge < -0.3 is 4.74 Å². The fourth-order valence-corrected chi connectivity index (χ4v) is 1.60. The van der Waals surface area contributed by atoms with Crippen molar-refractivity contribution in [1.82, 2.24) is 0 Å². The third kappa shape index (κ3) is 3.20. The number of hydrogen-bond donors (Lipinski definition) is 0. The lowest BCUT2D eigenvalue weighted by Gasteiger charge is -2.07. The van der Waals surface area contributed by atoms with Crippen LogP contribution in [-0.4, -0.2) is 12.9 Å². The quantitative estimate of drug-likeness (QED) is 0.616. The first-order valence-electron chi connectivity index (χ1n) is 4.55. The summed E-state index contributed by atoms with van der Waals surface area (Å²) in [6.07, 6.45) is 0.359. The summed E-state index contributed by atoms with van der Waals surface area (Å²) in [6.45, 7) is 5.56. The van der Waals surface area contributed by atoms with E-state index in [1.807, 2.05) is 13.0 Å². The van der Waals surface area contributed by atoms with E-state index >= 15 is 0 Å². The normalized spacial score (nSPS) is 9.80. The summed E-state index contributed by atoms with van der Waals surface area (Å²) in [5, 5.41) is 0. The average molecular weight is 269 g/mol. The minimum Gasteiger partial charge on any atom is -0.496 e. The first-order valence-corrected chi connectivity index (χ1v) is 5.35. The molecule has 3 heteroatoms. The SMILES string of the molecule is C=C(C)CC(=O)c1ccc(Br)cc1OC. The number of benzene rings is 1. The van der Waals surface area contributed by atoms with Gasteiger partial charge in [-0.3, -0.25) is 4.79 Å². The van der Waals surface area contributed by atoms with Crippen LogP contribution in [0.3, 0.4) is 0 Å². The van der Waals surface area contributed by atoms with Gasteiger partial charge >= 0.3 is 0 Å². The van der Waals surface area contributed by atoms with Gasteiger partial charge in [0.05, 0.1) is 12.7 Å². The van der Waals surface area contributed by atoms with E-state index in [4.69, 9.17) is 4.74 Å². The van der Waals surface area contributed by atoms with E-state index in [0.717, 1.165) is 10.0 Å². The number of hydrogen-bond acceptors (Lipinski definition) is 2. The Kier molecular flexibility index (Phi) is 4.09. The minimum atomic E-state index is 0.0341. The van der Waals surface area contributed by atoms with Gasteiger partial charge in [0.2, 0.25) is 0 Å². The van der Waals surface area contributed by atoms with E-state index in [1.165, 1.54) is 0 Å². The highest BCUT2D eigenvalue weighted by Crippen LogP contribution is 2.25. The predicted octanol–water partition coefficient (Wildman–Crippen LogP) is 3.61. The fraction of sp³-hybridized carbons (Fsp3) is 0.250. The Morgan fingerprint density at radius 3 is 2.73 bits per heavy atom. The van der Waals surface area contributed by atoms with Gasteiger partial charge in [-0.1, -0.05) is 28.1 Å². The molecular weight excluding hydrogens is 256 g/mol. The van der Waals surface area contributed by atoms with E-state index < -0.39 is 0 Å². The molecule has 0 saturated heterocycles. The van der Waals surface area contributed by atoms with Crippen LogP contribution in [0.15, 0.2) is 34.8 Å². The van der Waals surface area contributed by atoms with Crippen LogP contribution < -0.4 is 4.74 Å². The van der Waals surface area contributed by atoms with Crippen LogP contribution in [0.4, 0.5) is 0 Å². The highest BCUT2D eigenvalue weighted by atomic mass is 79.9. The second-order valence-corrected chi connectivity index (χ2v) is 4.32. The van der Waals surface area contributed by atoms with Crippen molar-refractivity contribution in [3.8, 4) is 5.75 Å². The largest absolute Gasteiger partial charge is 0.496 e. The first-order chi connectivity index (χ1) is 7.04. The standard InChI is InChI=1S/C12H13BrO2/c1-8(2)6-11(14)10-5-4-9(13)7-12(10)15-3/h4-5,7H,1,6H2,2-3H3. The molecule has 0 radical (unpaired) electrons. The van der Waals surface area contributed by atoms with Crippen molar-refractivity contribution in [1.29, 1.82) is 0 Å². The molecular formula is C12H13BrO2. The molecule has 0 amide bonds. The van der Waals surface area contributed by atoms with Gasteiger partial charge in [0.1, 0.15) is 5.75 Å². The summed E-state index contributed by atoms with van der Waals surface area (Å²) >= 11 is 3.33. The Hall–Kier alpha value is -1.09. The lowest BCUT2D eigenvalue weighted by Crippen LogP contribution is -2.02. The number of ketones is 1. The Balaban J connectivity index is 3.02. The summed E-state index contributed by atoms with van der Waals surface area (Å²) in [6, 6.07) is 5.37. The molecule has 1 rings (SSSR count). The fourth-order valence-electron chi connectivity index (χ4n) is 1.26. The molecule has 0 aromatic heterocycles. The zero-order chi connectivity index (χ0) is 11.4. The van der Waals surface area contributed by atoms with Crippen molar-refractivity contribution >= 4 is 21.7 Å². The van der Waals surface area contributed by atoms with Crippen LogP contribution in [0.25, 0.3) is 0 Å². The number of carbonyl (C=O) groups excluding carboxylic acids is 1. The second kappa shape index (κ2) is 5.12. The van der Waals surface area contributed by atoms with Crippen LogP contribution in [0, 0.1) is 0 Å². The van der Waals surface area contributed by atoms with Crippen LogP contribution in [-0.2, 0) is 0 Å². The molecule has 0 N–H and O–H groups in total. The maximum absolute atomic E-state index is 11.8. The minimum absolute atomic E-state index is 0.0341. The molecule has 0 unspecified atom stereocenters. The summed E-state index contributed by atoms with van der Waals surface area (Å²) in [5.41, 5.74) is 1.45. The van der Waals surface area contributed by atoms with Gasteiger partial charge in [-0.05, 0) is 25.1 Å². The highest BCUT2D eigenvalue weighted by molar-refractivity contribution is 9.10. The highest BCUT2D eigenvalue weighted by Gasteiger charge is 2.12. The Bertz CT molecular complexity index is 397. The molecule has 15 heavy (non-hydrogen) atoms. The van der Waals surface area contributed by atoms with Crippen molar-refractivity contribution in [3.05, 3.63) is 40.4 Å². The number of allylic oxidation sites excluding steroid dienone is 1. The second-order valence-electron chi connectivity index (χ2n) is 3.40. The van der Waals surface area contributed by atoms with Crippen LogP contribution in [0.1, 0.15) is 23.7 Å². The predicted molar refractivity (Wildman–Crippen MR) is 64.5 cm³/mol. The monoisotopic (exact) mass is 268 g/mol. The Labute approximate surface area is 98.1 Å². The summed E-state index contributed by atoms with van der Waals surface area (Å²) < 4.78 is 6.04. The zero-order valence-electron chi connectivity index (χ0n) is 8.84. The maximum atomic E-state index is 11.8. The zero-order valence-corrected chi connectivity index (χ0v) is 10.4. The number of rotatable bonds is 4.